The number of benzene rings is 2. The molecule has 3 N–H and O–H groups in total. The van der Waals surface area contributed by atoms with Crippen molar-refractivity contribution in [2.24, 2.45) is 0 Å². The molecule has 1 amide bonds. The second-order valence-electron chi connectivity index (χ2n) is 6.30. The molecule has 29 heavy (non-hydrogen) atoms. The van der Waals surface area contributed by atoms with Crippen LogP contribution in [0, 0.1) is 0 Å². The van der Waals surface area contributed by atoms with Gasteiger partial charge in [0.05, 0.1) is 10.8 Å². The first-order chi connectivity index (χ1) is 13.9. The quantitative estimate of drug-likeness (QED) is 0.398. The van der Waals surface area contributed by atoms with E-state index in [0.717, 1.165) is 29.7 Å². The number of carbonyl (C=O) groups is 1. The smallest absolute Gasteiger partial charge is 0.234 e. The van der Waals surface area contributed by atoms with Crippen LogP contribution < -0.4 is 11.2 Å². The maximum Gasteiger partial charge on any atom is 0.234 e. The van der Waals surface area contributed by atoms with Crippen molar-refractivity contribution in [3.63, 3.8) is 0 Å². The monoisotopic (exact) mass is 449 g/mol. The number of hydrogen-bond acceptors (Lipinski definition) is 5. The van der Waals surface area contributed by atoms with Crippen molar-refractivity contribution in [2.75, 3.05) is 16.9 Å². The zero-order valence-corrected chi connectivity index (χ0v) is 18.4. The Morgan fingerprint density at radius 2 is 1.83 bits per heavy atom. The highest BCUT2D eigenvalue weighted by Crippen LogP contribution is 2.30. The first-order valence-electron chi connectivity index (χ1n) is 9.13. The highest BCUT2D eigenvalue weighted by atomic mass is 35.5. The highest BCUT2D eigenvalue weighted by Gasteiger charge is 2.17. The minimum atomic E-state index is -0.125. The first-order valence-corrected chi connectivity index (χ1v) is 10.9. The Bertz CT molecular complexity index is 1020. The van der Waals surface area contributed by atoms with Crippen LogP contribution in [0.1, 0.15) is 25.0 Å². The van der Waals surface area contributed by atoms with Crippen molar-refractivity contribution in [3.8, 4) is 11.4 Å². The van der Waals surface area contributed by atoms with Gasteiger partial charge >= 0.3 is 0 Å². The van der Waals surface area contributed by atoms with Gasteiger partial charge in [-0.15, -0.1) is 10.2 Å². The van der Waals surface area contributed by atoms with E-state index in [9.17, 15) is 4.79 Å². The molecule has 0 spiro atoms. The van der Waals surface area contributed by atoms with Gasteiger partial charge in [0.2, 0.25) is 11.1 Å². The largest absolute Gasteiger partial charge is 0.335 e. The molecule has 0 bridgehead atoms. The molecule has 0 unspecified atom stereocenters. The SMILES string of the molecule is CCc1cccc(CC)c1NC(=O)CSc1nnc(-c2ccc(Cl)cc2Cl)n1N. The minimum Gasteiger partial charge on any atom is -0.335 e. The van der Waals surface area contributed by atoms with Crippen LogP contribution in [-0.2, 0) is 17.6 Å². The Morgan fingerprint density at radius 1 is 1.14 bits per heavy atom. The topological polar surface area (TPSA) is 85.8 Å². The van der Waals surface area contributed by atoms with Crippen molar-refractivity contribution in [1.29, 1.82) is 0 Å². The number of nitrogens with two attached hydrogens (primary N) is 1. The molecule has 0 fully saturated rings. The van der Waals surface area contributed by atoms with E-state index in [-0.39, 0.29) is 11.7 Å². The molecule has 2 aromatic carbocycles. The van der Waals surface area contributed by atoms with Crippen LogP contribution in [0.4, 0.5) is 5.69 Å². The second-order valence-corrected chi connectivity index (χ2v) is 8.08. The lowest BCUT2D eigenvalue weighted by atomic mass is 10.0. The molecule has 6 nitrogen and oxygen atoms in total. The summed E-state index contributed by atoms with van der Waals surface area (Å²) in [5.41, 5.74) is 3.74. The Morgan fingerprint density at radius 3 is 2.45 bits per heavy atom. The van der Waals surface area contributed by atoms with Crippen LogP contribution in [0.15, 0.2) is 41.6 Å². The summed E-state index contributed by atoms with van der Waals surface area (Å²) in [4.78, 5) is 12.5. The maximum atomic E-state index is 12.5. The molecule has 0 aliphatic heterocycles. The molecule has 1 aromatic heterocycles. The van der Waals surface area contributed by atoms with Crippen molar-refractivity contribution in [2.45, 2.75) is 31.8 Å². The average Bonchev–Trinajstić information content (AvgIpc) is 3.07. The van der Waals surface area contributed by atoms with Crippen LogP contribution in [-0.4, -0.2) is 26.5 Å². The summed E-state index contributed by atoms with van der Waals surface area (Å²) >= 11 is 13.4. The molecule has 0 saturated carbocycles. The van der Waals surface area contributed by atoms with Gasteiger partial charge in [-0.3, -0.25) is 4.79 Å². The number of para-hydroxylation sites is 1. The molecule has 0 radical (unpaired) electrons. The van der Waals surface area contributed by atoms with E-state index >= 15 is 0 Å². The lowest BCUT2D eigenvalue weighted by Gasteiger charge is -2.14. The molecule has 3 rings (SSSR count). The number of amides is 1. The molecule has 1 heterocycles. The number of nitrogens with one attached hydrogen (secondary N) is 1. The molecule has 0 atom stereocenters. The van der Waals surface area contributed by atoms with E-state index in [4.69, 9.17) is 29.0 Å². The predicted molar refractivity (Wildman–Crippen MR) is 120 cm³/mol. The Labute approximate surface area is 183 Å². The molecule has 3 aromatic rings. The van der Waals surface area contributed by atoms with Crippen molar-refractivity contribution < 1.29 is 4.79 Å². The zero-order chi connectivity index (χ0) is 21.0. The molecular formula is C20H21Cl2N5OS. The Balaban J connectivity index is 1.71. The van der Waals surface area contributed by atoms with Gasteiger partial charge < -0.3 is 11.2 Å². The number of rotatable bonds is 7. The minimum absolute atomic E-state index is 0.125. The number of aromatic nitrogens is 3. The fourth-order valence-corrected chi connectivity index (χ4v) is 4.09. The standard InChI is InChI=1S/C20H21Cl2N5OS/c1-3-12-6-5-7-13(4-2)18(12)24-17(28)11-29-20-26-25-19(27(20)23)15-9-8-14(21)10-16(15)22/h5-10H,3-4,11,23H2,1-2H3,(H,24,28). The van der Waals surface area contributed by atoms with E-state index in [1.54, 1.807) is 18.2 Å². The van der Waals surface area contributed by atoms with Gasteiger partial charge in [0.1, 0.15) is 0 Å². The van der Waals surface area contributed by atoms with Crippen LogP contribution in [0.2, 0.25) is 10.0 Å². The van der Waals surface area contributed by atoms with Crippen LogP contribution in [0.3, 0.4) is 0 Å². The van der Waals surface area contributed by atoms with Gasteiger partial charge in [0, 0.05) is 16.3 Å². The summed E-state index contributed by atoms with van der Waals surface area (Å²) in [5.74, 6) is 6.55. The first kappa shape index (κ1) is 21.5. The van der Waals surface area contributed by atoms with Crippen molar-refractivity contribution in [1.82, 2.24) is 14.9 Å². The molecule has 0 aliphatic rings. The third-order valence-corrected chi connectivity index (χ3v) is 5.92. The van der Waals surface area contributed by atoms with Crippen LogP contribution in [0.25, 0.3) is 11.4 Å². The Kier molecular flexibility index (Phi) is 7.05. The van der Waals surface area contributed by atoms with Gasteiger partial charge in [-0.05, 0) is 42.2 Å². The summed E-state index contributed by atoms with van der Waals surface area (Å²) in [5, 5.41) is 12.6. The number of nitrogen functional groups attached to an aromatic ring is 1. The van der Waals surface area contributed by atoms with Gasteiger partial charge in [0.15, 0.2) is 5.82 Å². The number of halogens is 2. The van der Waals surface area contributed by atoms with Gasteiger partial charge in [-0.2, -0.15) is 0 Å². The zero-order valence-electron chi connectivity index (χ0n) is 16.1. The number of nitrogens with zero attached hydrogens (tertiary/aromatic N) is 3. The van der Waals surface area contributed by atoms with Gasteiger partial charge in [-0.25, -0.2) is 4.68 Å². The van der Waals surface area contributed by atoms with Crippen molar-refractivity contribution in [3.05, 3.63) is 57.6 Å². The molecule has 152 valence electrons. The maximum absolute atomic E-state index is 12.5. The van der Waals surface area contributed by atoms with E-state index in [0.29, 0.717) is 26.6 Å². The summed E-state index contributed by atoms with van der Waals surface area (Å²) in [7, 11) is 0. The van der Waals surface area contributed by atoms with Crippen LogP contribution >= 0.6 is 35.0 Å². The van der Waals surface area contributed by atoms with Gasteiger partial charge in [-0.1, -0.05) is 67.0 Å². The summed E-state index contributed by atoms with van der Waals surface area (Å²) < 4.78 is 1.32. The average molecular weight is 450 g/mol. The lowest BCUT2D eigenvalue weighted by Crippen LogP contribution is -2.18. The fraction of sp³-hybridized carbons (Fsp3) is 0.250. The summed E-state index contributed by atoms with van der Waals surface area (Å²) in [6.45, 7) is 4.14. The predicted octanol–water partition coefficient (Wildman–Crippen LogP) is 4.82. The Hall–Kier alpha value is -2.22. The van der Waals surface area contributed by atoms with Crippen LogP contribution in [0.5, 0.6) is 0 Å². The number of carbonyl (C=O) groups excluding carboxylic acids is 1. The number of thioether (sulfide) groups is 1. The highest BCUT2D eigenvalue weighted by molar-refractivity contribution is 7.99. The summed E-state index contributed by atoms with van der Waals surface area (Å²) in [6, 6.07) is 11.1. The normalized spacial score (nSPS) is 10.9. The molecule has 9 heteroatoms. The summed E-state index contributed by atoms with van der Waals surface area (Å²) in [6.07, 6.45) is 1.69. The second kappa shape index (κ2) is 9.52. The van der Waals surface area contributed by atoms with E-state index in [1.165, 1.54) is 16.4 Å². The van der Waals surface area contributed by atoms with E-state index in [1.807, 2.05) is 18.2 Å². The number of aryl methyl sites for hydroxylation is 2. The van der Waals surface area contributed by atoms with E-state index in [2.05, 4.69) is 29.4 Å². The van der Waals surface area contributed by atoms with E-state index < -0.39 is 0 Å². The third kappa shape index (κ3) is 4.86. The fourth-order valence-electron chi connectivity index (χ4n) is 2.94. The lowest BCUT2D eigenvalue weighted by molar-refractivity contribution is -0.113. The number of anilines is 1. The third-order valence-electron chi connectivity index (χ3n) is 4.43. The molecular weight excluding hydrogens is 429 g/mol. The van der Waals surface area contributed by atoms with Gasteiger partial charge in [0.25, 0.3) is 0 Å². The molecule has 0 saturated heterocycles. The van der Waals surface area contributed by atoms with Crippen molar-refractivity contribution >= 4 is 46.6 Å². The number of hydrogen-bond donors (Lipinski definition) is 2. The molecule has 0 aliphatic carbocycles.